The number of aliphatic hydroxyl groups is 1. The molecule has 0 bridgehead atoms. The summed E-state index contributed by atoms with van der Waals surface area (Å²) in [6, 6.07) is 7.45. The summed E-state index contributed by atoms with van der Waals surface area (Å²) in [5, 5.41) is 21.1. The van der Waals surface area contributed by atoms with Crippen LogP contribution in [-0.4, -0.2) is 27.3 Å². The second kappa shape index (κ2) is 7.26. The molecule has 0 aliphatic rings. The molecule has 1 atom stereocenters. The molecule has 0 unspecified atom stereocenters. The van der Waals surface area contributed by atoms with Gasteiger partial charge in [0.1, 0.15) is 18.5 Å². The normalized spacial score (nSPS) is 12.0. The van der Waals surface area contributed by atoms with Crippen LogP contribution in [0.5, 0.6) is 5.75 Å². The van der Waals surface area contributed by atoms with E-state index in [4.69, 9.17) is 16.3 Å². The highest BCUT2D eigenvalue weighted by molar-refractivity contribution is 6.32. The van der Waals surface area contributed by atoms with Crippen LogP contribution >= 0.6 is 11.6 Å². The molecular weight excluding hydrogens is 324 g/mol. The van der Waals surface area contributed by atoms with Gasteiger partial charge in [0.2, 0.25) is 0 Å². The Bertz CT molecular complexity index is 775. The van der Waals surface area contributed by atoms with Gasteiger partial charge < -0.3 is 14.4 Å². The molecule has 0 saturated carbocycles. The maximum Gasteiger partial charge on any atom is 0.285 e. The lowest BCUT2D eigenvalue weighted by Crippen LogP contribution is -2.29. The zero-order valence-corrected chi connectivity index (χ0v) is 13.1. The number of ether oxygens (including phenoxy) is 1. The topological polar surface area (TPSA) is 94.6 Å². The van der Waals surface area contributed by atoms with E-state index in [0.29, 0.717) is 10.8 Å². The van der Waals surface area contributed by atoms with Crippen LogP contribution in [0.1, 0.15) is 5.56 Å². The first-order valence-electron chi connectivity index (χ1n) is 6.78. The van der Waals surface area contributed by atoms with Crippen LogP contribution in [-0.2, 0) is 6.54 Å². The number of hydrogen-bond donors (Lipinski definition) is 1. The van der Waals surface area contributed by atoms with Crippen LogP contribution in [0.4, 0.5) is 5.69 Å². The maximum absolute atomic E-state index is 11.7. The van der Waals surface area contributed by atoms with Crippen molar-refractivity contribution in [1.29, 1.82) is 0 Å². The molecule has 2 rings (SSSR count). The fourth-order valence-corrected chi connectivity index (χ4v) is 2.13. The second-order valence-electron chi connectivity index (χ2n) is 5.03. The molecule has 0 amide bonds. The fourth-order valence-electron chi connectivity index (χ4n) is 1.96. The van der Waals surface area contributed by atoms with Crippen molar-refractivity contribution in [1.82, 2.24) is 4.57 Å². The van der Waals surface area contributed by atoms with Crippen LogP contribution in [0.15, 0.2) is 41.3 Å². The molecule has 0 aliphatic carbocycles. The molecule has 1 heterocycles. The van der Waals surface area contributed by atoms with Crippen molar-refractivity contribution in [3.8, 4) is 5.75 Å². The summed E-state index contributed by atoms with van der Waals surface area (Å²) >= 11 is 5.98. The van der Waals surface area contributed by atoms with E-state index in [2.05, 4.69) is 0 Å². The van der Waals surface area contributed by atoms with Gasteiger partial charge in [0.15, 0.2) is 0 Å². The van der Waals surface area contributed by atoms with Crippen LogP contribution in [0.3, 0.4) is 0 Å². The number of aromatic nitrogens is 1. The molecule has 122 valence electrons. The van der Waals surface area contributed by atoms with Crippen molar-refractivity contribution in [3.63, 3.8) is 0 Å². The minimum absolute atomic E-state index is 0.0989. The van der Waals surface area contributed by atoms with E-state index in [1.807, 2.05) is 13.0 Å². The van der Waals surface area contributed by atoms with E-state index >= 15 is 0 Å². The Hall–Kier alpha value is -2.38. The third-order valence-electron chi connectivity index (χ3n) is 3.10. The smallest absolute Gasteiger partial charge is 0.285 e. The molecule has 0 saturated heterocycles. The van der Waals surface area contributed by atoms with Gasteiger partial charge >= 0.3 is 0 Å². The number of aliphatic hydroxyl groups excluding tert-OH is 1. The minimum Gasteiger partial charge on any atom is -0.489 e. The van der Waals surface area contributed by atoms with Gasteiger partial charge in [-0.2, -0.15) is 0 Å². The number of rotatable bonds is 6. The quantitative estimate of drug-likeness (QED) is 0.643. The standard InChI is InChI=1S/C15H15ClN2O5/c1-10-2-4-13(16)14(6-10)23-9-12(19)8-17-7-11(18(21)22)3-5-15(17)20/h2-7,12,19H,8-9H2,1H3/t12-/m0/s1. The molecule has 7 nitrogen and oxygen atoms in total. The van der Waals surface area contributed by atoms with Crippen LogP contribution in [0.2, 0.25) is 5.02 Å². The molecule has 2 aromatic rings. The minimum atomic E-state index is -1.02. The summed E-state index contributed by atoms with van der Waals surface area (Å²) in [6.07, 6.45) is 0.0665. The fraction of sp³-hybridized carbons (Fsp3) is 0.267. The van der Waals surface area contributed by atoms with Crippen LogP contribution in [0.25, 0.3) is 0 Å². The van der Waals surface area contributed by atoms with Crippen molar-refractivity contribution in [2.24, 2.45) is 0 Å². The SMILES string of the molecule is Cc1ccc(Cl)c(OC[C@@H](O)Cn2cc([N+](=O)[O-])ccc2=O)c1. The molecule has 0 aliphatic heterocycles. The molecule has 1 aromatic carbocycles. The van der Waals surface area contributed by atoms with E-state index in [-0.39, 0.29) is 18.8 Å². The van der Waals surface area contributed by atoms with Gasteiger partial charge in [0, 0.05) is 12.1 Å². The highest BCUT2D eigenvalue weighted by atomic mass is 35.5. The predicted molar refractivity (Wildman–Crippen MR) is 85.0 cm³/mol. The number of nitro groups is 1. The summed E-state index contributed by atoms with van der Waals surface area (Å²) in [7, 11) is 0. The van der Waals surface area contributed by atoms with Gasteiger partial charge in [-0.05, 0) is 24.6 Å². The first-order chi connectivity index (χ1) is 10.9. The predicted octanol–water partition coefficient (Wildman–Crippen LogP) is 2.16. The van der Waals surface area contributed by atoms with Crippen molar-refractivity contribution in [3.05, 3.63) is 67.6 Å². The second-order valence-corrected chi connectivity index (χ2v) is 5.44. The molecule has 0 spiro atoms. The van der Waals surface area contributed by atoms with E-state index in [1.54, 1.807) is 12.1 Å². The van der Waals surface area contributed by atoms with Gasteiger partial charge in [-0.3, -0.25) is 14.9 Å². The summed E-state index contributed by atoms with van der Waals surface area (Å²) < 4.78 is 6.51. The Labute approximate surface area is 136 Å². The lowest BCUT2D eigenvalue weighted by molar-refractivity contribution is -0.385. The van der Waals surface area contributed by atoms with E-state index < -0.39 is 16.6 Å². The summed E-state index contributed by atoms with van der Waals surface area (Å²) in [6.45, 7) is 1.66. The van der Waals surface area contributed by atoms with Crippen molar-refractivity contribution >= 4 is 17.3 Å². The third-order valence-corrected chi connectivity index (χ3v) is 3.42. The van der Waals surface area contributed by atoms with Gasteiger partial charge in [-0.25, -0.2) is 0 Å². The van der Waals surface area contributed by atoms with Crippen molar-refractivity contribution in [2.45, 2.75) is 19.6 Å². The Morgan fingerprint density at radius 1 is 1.39 bits per heavy atom. The van der Waals surface area contributed by atoms with Crippen LogP contribution < -0.4 is 10.3 Å². The van der Waals surface area contributed by atoms with E-state index in [1.165, 1.54) is 0 Å². The molecule has 0 radical (unpaired) electrons. The number of hydrogen-bond acceptors (Lipinski definition) is 5. The third kappa shape index (κ3) is 4.54. The highest BCUT2D eigenvalue weighted by Gasteiger charge is 2.13. The van der Waals surface area contributed by atoms with Gasteiger partial charge in [-0.15, -0.1) is 0 Å². The molecule has 8 heteroatoms. The van der Waals surface area contributed by atoms with Crippen molar-refractivity contribution < 1.29 is 14.8 Å². The number of nitrogens with zero attached hydrogens (tertiary/aromatic N) is 2. The Balaban J connectivity index is 2.04. The Morgan fingerprint density at radius 2 is 2.13 bits per heavy atom. The Kier molecular flexibility index (Phi) is 5.36. The lowest BCUT2D eigenvalue weighted by Gasteiger charge is -2.14. The van der Waals surface area contributed by atoms with E-state index in [0.717, 1.165) is 28.5 Å². The number of pyridine rings is 1. The molecule has 0 fully saturated rings. The van der Waals surface area contributed by atoms with Gasteiger partial charge in [0.25, 0.3) is 11.2 Å². The Morgan fingerprint density at radius 3 is 2.83 bits per heavy atom. The maximum atomic E-state index is 11.7. The van der Waals surface area contributed by atoms with Crippen molar-refractivity contribution in [2.75, 3.05) is 6.61 Å². The van der Waals surface area contributed by atoms with E-state index in [9.17, 15) is 20.0 Å². The molecule has 1 N–H and O–H groups in total. The first-order valence-corrected chi connectivity index (χ1v) is 7.16. The number of benzene rings is 1. The van der Waals surface area contributed by atoms with Gasteiger partial charge in [-0.1, -0.05) is 17.7 Å². The largest absolute Gasteiger partial charge is 0.489 e. The highest BCUT2D eigenvalue weighted by Crippen LogP contribution is 2.25. The zero-order valence-electron chi connectivity index (χ0n) is 12.3. The summed E-state index contributed by atoms with van der Waals surface area (Å²) in [5.74, 6) is 0.428. The first kappa shape index (κ1) is 17.0. The molecule has 1 aromatic heterocycles. The van der Waals surface area contributed by atoms with Crippen LogP contribution in [0, 0.1) is 17.0 Å². The summed E-state index contributed by atoms with van der Waals surface area (Å²) in [5.41, 5.74) is 0.288. The average molecular weight is 339 g/mol. The van der Waals surface area contributed by atoms with Gasteiger partial charge in [0.05, 0.1) is 22.7 Å². The number of halogens is 1. The number of aryl methyl sites for hydroxylation is 1. The monoisotopic (exact) mass is 338 g/mol. The molecule has 23 heavy (non-hydrogen) atoms. The molecular formula is C15H15ClN2O5. The average Bonchev–Trinajstić information content (AvgIpc) is 2.50. The lowest BCUT2D eigenvalue weighted by atomic mass is 10.2. The summed E-state index contributed by atoms with van der Waals surface area (Å²) in [4.78, 5) is 21.8. The zero-order chi connectivity index (χ0) is 17.0.